The van der Waals surface area contributed by atoms with Crippen molar-refractivity contribution in [2.24, 2.45) is 7.05 Å². The standard InChI is InChI=1S/C12H11N5/c1-17-7-9(6-15-17)12-10-2-3-14-5-8(10)4-11(13)16-12/h2-7H,1H3,(H2,13,16). The molecule has 3 aromatic heterocycles. The Labute approximate surface area is 97.9 Å². The van der Waals surface area contributed by atoms with Crippen LogP contribution in [-0.2, 0) is 7.05 Å². The fourth-order valence-corrected chi connectivity index (χ4v) is 1.88. The third-order valence-electron chi connectivity index (χ3n) is 2.63. The summed E-state index contributed by atoms with van der Waals surface area (Å²) in [5, 5.41) is 6.16. The molecular formula is C12H11N5. The highest BCUT2D eigenvalue weighted by Gasteiger charge is 2.08. The van der Waals surface area contributed by atoms with Crippen LogP contribution < -0.4 is 5.73 Å². The average Bonchev–Trinajstić information content (AvgIpc) is 2.74. The van der Waals surface area contributed by atoms with Crippen LogP contribution in [0.1, 0.15) is 0 Å². The van der Waals surface area contributed by atoms with Gasteiger partial charge in [0.15, 0.2) is 0 Å². The summed E-state index contributed by atoms with van der Waals surface area (Å²) in [6.45, 7) is 0. The van der Waals surface area contributed by atoms with E-state index in [2.05, 4.69) is 15.1 Å². The van der Waals surface area contributed by atoms with E-state index in [1.807, 2.05) is 25.4 Å². The van der Waals surface area contributed by atoms with E-state index in [9.17, 15) is 0 Å². The normalized spacial score (nSPS) is 10.9. The van der Waals surface area contributed by atoms with E-state index in [4.69, 9.17) is 5.73 Å². The number of nitrogen functional groups attached to an aromatic ring is 1. The molecule has 0 fully saturated rings. The molecule has 5 heteroatoms. The average molecular weight is 225 g/mol. The van der Waals surface area contributed by atoms with E-state index in [1.54, 1.807) is 23.3 Å². The van der Waals surface area contributed by atoms with Crippen molar-refractivity contribution in [3.63, 3.8) is 0 Å². The summed E-state index contributed by atoms with van der Waals surface area (Å²) in [4.78, 5) is 8.47. The van der Waals surface area contributed by atoms with Gasteiger partial charge in [-0.2, -0.15) is 5.10 Å². The van der Waals surface area contributed by atoms with Gasteiger partial charge in [-0.25, -0.2) is 4.98 Å². The first-order valence-electron chi connectivity index (χ1n) is 5.23. The minimum atomic E-state index is 0.490. The summed E-state index contributed by atoms with van der Waals surface area (Å²) in [7, 11) is 1.87. The van der Waals surface area contributed by atoms with Crippen molar-refractivity contribution >= 4 is 16.6 Å². The highest BCUT2D eigenvalue weighted by atomic mass is 15.2. The molecule has 84 valence electrons. The Balaban J connectivity index is 2.35. The molecule has 0 saturated heterocycles. The fraction of sp³-hybridized carbons (Fsp3) is 0.0833. The maximum absolute atomic E-state index is 5.80. The Hall–Kier alpha value is -2.43. The summed E-state index contributed by atoms with van der Waals surface area (Å²) in [6, 6.07) is 3.76. The summed E-state index contributed by atoms with van der Waals surface area (Å²) < 4.78 is 1.74. The molecule has 17 heavy (non-hydrogen) atoms. The van der Waals surface area contributed by atoms with Crippen molar-refractivity contribution in [1.82, 2.24) is 19.7 Å². The largest absolute Gasteiger partial charge is 0.384 e. The molecule has 0 aliphatic carbocycles. The molecular weight excluding hydrogens is 214 g/mol. The van der Waals surface area contributed by atoms with Crippen LogP contribution in [0.3, 0.4) is 0 Å². The summed E-state index contributed by atoms with van der Waals surface area (Å²) in [5.41, 5.74) is 7.60. The predicted molar refractivity (Wildman–Crippen MR) is 66.2 cm³/mol. The number of nitrogens with zero attached hydrogens (tertiary/aromatic N) is 4. The SMILES string of the molecule is Cn1cc(-c2nc(N)cc3cnccc23)cn1. The first kappa shape index (κ1) is 9.77. The smallest absolute Gasteiger partial charge is 0.124 e. The zero-order valence-electron chi connectivity index (χ0n) is 9.33. The monoisotopic (exact) mass is 225 g/mol. The van der Waals surface area contributed by atoms with E-state index in [-0.39, 0.29) is 0 Å². The van der Waals surface area contributed by atoms with E-state index < -0.39 is 0 Å². The molecule has 0 radical (unpaired) electrons. The van der Waals surface area contributed by atoms with Gasteiger partial charge in [0.1, 0.15) is 5.82 Å². The maximum Gasteiger partial charge on any atom is 0.124 e. The summed E-state index contributed by atoms with van der Waals surface area (Å²) in [6.07, 6.45) is 7.23. The predicted octanol–water partition coefficient (Wildman–Crippen LogP) is 1.61. The lowest BCUT2D eigenvalue weighted by Crippen LogP contribution is -1.93. The van der Waals surface area contributed by atoms with Gasteiger partial charge < -0.3 is 5.73 Å². The van der Waals surface area contributed by atoms with Crippen molar-refractivity contribution in [3.05, 3.63) is 36.9 Å². The van der Waals surface area contributed by atoms with Crippen molar-refractivity contribution in [1.29, 1.82) is 0 Å². The molecule has 5 nitrogen and oxygen atoms in total. The number of pyridine rings is 2. The van der Waals surface area contributed by atoms with Gasteiger partial charge >= 0.3 is 0 Å². The number of nitrogens with two attached hydrogens (primary N) is 1. The Bertz CT molecular complexity index is 686. The molecule has 0 amide bonds. The van der Waals surface area contributed by atoms with Crippen LogP contribution >= 0.6 is 0 Å². The van der Waals surface area contributed by atoms with Gasteiger partial charge in [0.05, 0.1) is 11.9 Å². The molecule has 3 heterocycles. The van der Waals surface area contributed by atoms with Crippen LogP contribution in [-0.4, -0.2) is 19.7 Å². The first-order chi connectivity index (χ1) is 8.24. The van der Waals surface area contributed by atoms with E-state index >= 15 is 0 Å². The molecule has 2 N–H and O–H groups in total. The molecule has 0 spiro atoms. The minimum Gasteiger partial charge on any atom is -0.384 e. The summed E-state index contributed by atoms with van der Waals surface area (Å²) >= 11 is 0. The van der Waals surface area contributed by atoms with Gasteiger partial charge in [0.2, 0.25) is 0 Å². The quantitative estimate of drug-likeness (QED) is 0.683. The zero-order chi connectivity index (χ0) is 11.8. The minimum absolute atomic E-state index is 0.490. The van der Waals surface area contributed by atoms with Crippen molar-refractivity contribution in [2.75, 3.05) is 5.73 Å². The number of rotatable bonds is 1. The molecule has 0 aliphatic heterocycles. The van der Waals surface area contributed by atoms with Crippen LogP contribution in [0, 0.1) is 0 Å². The van der Waals surface area contributed by atoms with E-state index in [1.165, 1.54) is 0 Å². The van der Waals surface area contributed by atoms with Crippen LogP contribution in [0.25, 0.3) is 22.0 Å². The van der Waals surface area contributed by atoms with Crippen LogP contribution in [0.2, 0.25) is 0 Å². The molecule has 0 aromatic carbocycles. The second kappa shape index (κ2) is 3.55. The third kappa shape index (κ3) is 1.61. The molecule has 0 saturated carbocycles. The second-order valence-electron chi connectivity index (χ2n) is 3.90. The molecule has 0 bridgehead atoms. The Morgan fingerprint density at radius 3 is 2.94 bits per heavy atom. The fourth-order valence-electron chi connectivity index (χ4n) is 1.88. The third-order valence-corrected chi connectivity index (χ3v) is 2.63. The number of anilines is 1. The molecule has 3 aromatic rings. The van der Waals surface area contributed by atoms with Gasteiger partial charge in [-0.3, -0.25) is 9.67 Å². The van der Waals surface area contributed by atoms with Crippen molar-refractivity contribution in [2.45, 2.75) is 0 Å². The van der Waals surface area contributed by atoms with E-state index in [0.717, 1.165) is 22.0 Å². The number of aromatic nitrogens is 4. The Kier molecular flexibility index (Phi) is 2.04. The van der Waals surface area contributed by atoms with Crippen molar-refractivity contribution < 1.29 is 0 Å². The molecule has 0 unspecified atom stereocenters. The molecule has 3 rings (SSSR count). The zero-order valence-corrected chi connectivity index (χ0v) is 9.33. The number of hydrogen-bond acceptors (Lipinski definition) is 4. The van der Waals surface area contributed by atoms with Gasteiger partial charge in [0.25, 0.3) is 0 Å². The van der Waals surface area contributed by atoms with Crippen molar-refractivity contribution in [3.8, 4) is 11.3 Å². The highest BCUT2D eigenvalue weighted by molar-refractivity contribution is 5.95. The molecule has 0 aliphatic rings. The van der Waals surface area contributed by atoms with Crippen LogP contribution in [0.4, 0.5) is 5.82 Å². The summed E-state index contributed by atoms with van der Waals surface area (Å²) in [5.74, 6) is 0.490. The van der Waals surface area contributed by atoms with E-state index in [0.29, 0.717) is 5.82 Å². The molecule has 0 atom stereocenters. The Morgan fingerprint density at radius 2 is 2.18 bits per heavy atom. The van der Waals surface area contributed by atoms with Crippen LogP contribution in [0.5, 0.6) is 0 Å². The topological polar surface area (TPSA) is 69.6 Å². The Morgan fingerprint density at radius 1 is 1.29 bits per heavy atom. The van der Waals surface area contributed by atoms with Gasteiger partial charge in [0, 0.05) is 42.0 Å². The number of aryl methyl sites for hydroxylation is 1. The maximum atomic E-state index is 5.80. The first-order valence-corrected chi connectivity index (χ1v) is 5.23. The lowest BCUT2D eigenvalue weighted by molar-refractivity contribution is 0.768. The van der Waals surface area contributed by atoms with Gasteiger partial charge in [-0.1, -0.05) is 0 Å². The lowest BCUT2D eigenvalue weighted by Gasteiger charge is -2.04. The lowest BCUT2D eigenvalue weighted by atomic mass is 10.1. The number of fused-ring (bicyclic) bond motifs is 1. The van der Waals surface area contributed by atoms with Gasteiger partial charge in [-0.15, -0.1) is 0 Å². The van der Waals surface area contributed by atoms with Crippen LogP contribution in [0.15, 0.2) is 36.9 Å². The highest BCUT2D eigenvalue weighted by Crippen LogP contribution is 2.27. The number of hydrogen-bond donors (Lipinski definition) is 1. The van der Waals surface area contributed by atoms with Gasteiger partial charge in [-0.05, 0) is 12.1 Å². The second-order valence-corrected chi connectivity index (χ2v) is 3.90.